The van der Waals surface area contributed by atoms with Crippen molar-refractivity contribution in [3.63, 3.8) is 0 Å². The van der Waals surface area contributed by atoms with E-state index in [-0.39, 0.29) is 0 Å². The molecule has 5 heteroatoms. The van der Waals surface area contributed by atoms with Crippen molar-refractivity contribution in [2.75, 3.05) is 0 Å². The quantitative estimate of drug-likeness (QED) is 0.800. The maximum atomic E-state index is 5.72. The van der Waals surface area contributed by atoms with Gasteiger partial charge >= 0.3 is 0 Å². The summed E-state index contributed by atoms with van der Waals surface area (Å²) >= 11 is 8.93. The summed E-state index contributed by atoms with van der Waals surface area (Å²) < 4.78 is 0.704. The number of halogens is 2. The highest BCUT2D eigenvalue weighted by Gasteiger charge is 2.00. The molecule has 0 spiro atoms. The minimum atomic E-state index is 0.610. The summed E-state index contributed by atoms with van der Waals surface area (Å²) in [5.74, 6) is 0. The second-order valence-electron chi connectivity index (χ2n) is 2.60. The van der Waals surface area contributed by atoms with Gasteiger partial charge < -0.3 is 0 Å². The van der Waals surface area contributed by atoms with Gasteiger partial charge in [-0.1, -0.05) is 11.6 Å². The van der Waals surface area contributed by atoms with Crippen molar-refractivity contribution in [3.8, 4) is 11.4 Å². The number of hydrogen-bond acceptors (Lipinski definition) is 3. The predicted octanol–water partition coefficient (Wildman–Crippen LogP) is 2.95. The van der Waals surface area contributed by atoms with Gasteiger partial charge in [-0.2, -0.15) is 0 Å². The molecule has 2 heterocycles. The zero-order valence-electron chi connectivity index (χ0n) is 6.98. The van der Waals surface area contributed by atoms with Crippen LogP contribution in [0.4, 0.5) is 0 Å². The number of rotatable bonds is 1. The standard InChI is InChI=1S/C9H5BrClN3/c10-9-4-3-8(13-14-9)7-2-1-6(11)5-12-7/h1-5H. The third-order valence-corrected chi connectivity index (χ3v) is 2.27. The van der Waals surface area contributed by atoms with E-state index in [4.69, 9.17) is 11.6 Å². The first-order chi connectivity index (χ1) is 6.75. The summed E-state index contributed by atoms with van der Waals surface area (Å²) in [5.41, 5.74) is 1.49. The number of aromatic nitrogens is 3. The van der Waals surface area contributed by atoms with E-state index in [1.165, 1.54) is 0 Å². The molecule has 0 saturated carbocycles. The van der Waals surface area contributed by atoms with Crippen LogP contribution in [-0.4, -0.2) is 15.2 Å². The molecule has 70 valence electrons. The zero-order valence-corrected chi connectivity index (χ0v) is 9.33. The van der Waals surface area contributed by atoms with Crippen LogP contribution in [0.1, 0.15) is 0 Å². The van der Waals surface area contributed by atoms with Crippen LogP contribution in [0.3, 0.4) is 0 Å². The molecule has 0 amide bonds. The highest BCUT2D eigenvalue weighted by molar-refractivity contribution is 9.10. The highest BCUT2D eigenvalue weighted by Crippen LogP contribution is 2.16. The van der Waals surface area contributed by atoms with Crippen LogP contribution in [0.5, 0.6) is 0 Å². The van der Waals surface area contributed by atoms with Crippen molar-refractivity contribution < 1.29 is 0 Å². The van der Waals surface area contributed by atoms with Crippen molar-refractivity contribution in [2.45, 2.75) is 0 Å². The predicted molar refractivity (Wildman–Crippen MR) is 58.0 cm³/mol. The third-order valence-electron chi connectivity index (χ3n) is 1.62. The molecule has 0 aliphatic heterocycles. The van der Waals surface area contributed by atoms with Gasteiger partial charge in [0.15, 0.2) is 0 Å². The Morgan fingerprint density at radius 2 is 1.79 bits per heavy atom. The molecule has 0 saturated heterocycles. The SMILES string of the molecule is Clc1ccc(-c2ccc(Br)nn2)nc1. The number of hydrogen-bond donors (Lipinski definition) is 0. The Morgan fingerprint density at radius 3 is 2.36 bits per heavy atom. The molecule has 0 aliphatic carbocycles. The van der Waals surface area contributed by atoms with Crippen molar-refractivity contribution in [1.82, 2.24) is 15.2 Å². The van der Waals surface area contributed by atoms with Crippen molar-refractivity contribution in [2.24, 2.45) is 0 Å². The summed E-state index contributed by atoms with van der Waals surface area (Å²) in [4.78, 5) is 4.13. The lowest BCUT2D eigenvalue weighted by Gasteiger charge is -1.98. The molecule has 0 unspecified atom stereocenters. The van der Waals surface area contributed by atoms with Gasteiger partial charge in [-0.3, -0.25) is 4.98 Å². The zero-order chi connectivity index (χ0) is 9.97. The van der Waals surface area contributed by atoms with Gasteiger partial charge in [0.1, 0.15) is 10.3 Å². The lowest BCUT2D eigenvalue weighted by atomic mass is 10.2. The van der Waals surface area contributed by atoms with Crippen molar-refractivity contribution in [1.29, 1.82) is 0 Å². The first-order valence-electron chi connectivity index (χ1n) is 3.87. The van der Waals surface area contributed by atoms with Crippen LogP contribution in [0, 0.1) is 0 Å². The Labute approximate surface area is 94.3 Å². The van der Waals surface area contributed by atoms with Crippen molar-refractivity contribution in [3.05, 3.63) is 40.1 Å². The summed E-state index contributed by atoms with van der Waals surface area (Å²) in [6.07, 6.45) is 1.58. The minimum absolute atomic E-state index is 0.610. The Morgan fingerprint density at radius 1 is 1.00 bits per heavy atom. The fourth-order valence-corrected chi connectivity index (χ4v) is 1.30. The van der Waals surface area contributed by atoms with Gasteiger partial charge in [0.25, 0.3) is 0 Å². The Kier molecular flexibility index (Phi) is 2.74. The summed E-state index contributed by atoms with van der Waals surface area (Å²) in [5, 5.41) is 8.46. The highest BCUT2D eigenvalue weighted by atomic mass is 79.9. The smallest absolute Gasteiger partial charge is 0.128 e. The van der Waals surface area contributed by atoms with Gasteiger partial charge in [-0.15, -0.1) is 10.2 Å². The van der Waals surface area contributed by atoms with Gasteiger partial charge in [-0.05, 0) is 40.2 Å². The van der Waals surface area contributed by atoms with E-state index >= 15 is 0 Å². The molecule has 3 nitrogen and oxygen atoms in total. The number of pyridine rings is 1. The fraction of sp³-hybridized carbons (Fsp3) is 0. The molecule has 0 aromatic carbocycles. The molecule has 0 aliphatic rings. The Balaban J connectivity index is 2.40. The number of nitrogens with zero attached hydrogens (tertiary/aromatic N) is 3. The molecule has 2 aromatic heterocycles. The average molecular weight is 271 g/mol. The summed E-state index contributed by atoms with van der Waals surface area (Å²) in [6.45, 7) is 0. The van der Waals surface area contributed by atoms with E-state index in [1.54, 1.807) is 18.3 Å². The summed E-state index contributed by atoms with van der Waals surface area (Å²) in [7, 11) is 0. The van der Waals surface area contributed by atoms with Gasteiger partial charge in [0.2, 0.25) is 0 Å². The van der Waals surface area contributed by atoms with E-state index in [9.17, 15) is 0 Å². The van der Waals surface area contributed by atoms with Crippen LogP contribution in [-0.2, 0) is 0 Å². The van der Waals surface area contributed by atoms with Crippen molar-refractivity contribution >= 4 is 27.5 Å². The fourth-order valence-electron chi connectivity index (χ4n) is 0.980. The minimum Gasteiger partial charge on any atom is -0.253 e. The van der Waals surface area contributed by atoms with E-state index in [0.717, 1.165) is 11.4 Å². The van der Waals surface area contributed by atoms with E-state index in [2.05, 4.69) is 31.1 Å². The average Bonchev–Trinajstić information content (AvgIpc) is 2.21. The molecular formula is C9H5BrClN3. The Bertz CT molecular complexity index is 383. The normalized spacial score (nSPS) is 10.1. The molecule has 0 radical (unpaired) electrons. The van der Waals surface area contributed by atoms with Crippen LogP contribution in [0.25, 0.3) is 11.4 Å². The largest absolute Gasteiger partial charge is 0.253 e. The second kappa shape index (κ2) is 4.02. The summed E-state index contributed by atoms with van der Waals surface area (Å²) in [6, 6.07) is 7.24. The van der Waals surface area contributed by atoms with Crippen LogP contribution in [0.15, 0.2) is 35.1 Å². The molecule has 0 atom stereocenters. The van der Waals surface area contributed by atoms with Crippen LogP contribution < -0.4 is 0 Å². The van der Waals surface area contributed by atoms with Crippen LogP contribution >= 0.6 is 27.5 Å². The van der Waals surface area contributed by atoms with Crippen LogP contribution in [0.2, 0.25) is 5.02 Å². The molecular weight excluding hydrogens is 265 g/mol. The lowest BCUT2D eigenvalue weighted by molar-refractivity contribution is 1.00. The van der Waals surface area contributed by atoms with E-state index < -0.39 is 0 Å². The van der Waals surface area contributed by atoms with Gasteiger partial charge in [-0.25, -0.2) is 0 Å². The van der Waals surface area contributed by atoms with Gasteiger partial charge in [0, 0.05) is 6.20 Å². The molecule has 0 N–H and O–H groups in total. The first-order valence-corrected chi connectivity index (χ1v) is 5.04. The third kappa shape index (κ3) is 2.08. The Hall–Kier alpha value is -1.00. The van der Waals surface area contributed by atoms with E-state index in [0.29, 0.717) is 9.63 Å². The maximum absolute atomic E-state index is 5.72. The monoisotopic (exact) mass is 269 g/mol. The van der Waals surface area contributed by atoms with E-state index in [1.807, 2.05) is 12.1 Å². The molecule has 14 heavy (non-hydrogen) atoms. The van der Waals surface area contributed by atoms with Gasteiger partial charge in [0.05, 0.1) is 10.7 Å². The first kappa shape index (κ1) is 9.55. The topological polar surface area (TPSA) is 38.7 Å². The molecule has 0 bridgehead atoms. The molecule has 0 fully saturated rings. The lowest BCUT2D eigenvalue weighted by Crippen LogP contribution is -1.89. The molecule has 2 aromatic rings. The second-order valence-corrected chi connectivity index (χ2v) is 3.85. The molecule has 2 rings (SSSR count). The maximum Gasteiger partial charge on any atom is 0.128 e.